The predicted octanol–water partition coefficient (Wildman–Crippen LogP) is 20.8. The molecular weight excluding hydrogens is 787 g/mol. The van der Waals surface area contributed by atoms with Gasteiger partial charge >= 0.3 is 0 Å². The SMILES string of the molecule is N#CC1(c2ccsc2)CCCCCCCCCCCCCCCCCCCCCCCCCCCCCCCCCCCCCCCCCCCCCCCCC2(CC1)OCCO2. The highest BCUT2D eigenvalue weighted by atomic mass is 32.1. The fourth-order valence-corrected chi connectivity index (χ4v) is 11.8. The first-order chi connectivity index (χ1) is 31.3. The van der Waals surface area contributed by atoms with Crippen LogP contribution in [0.15, 0.2) is 16.8 Å². The van der Waals surface area contributed by atoms with Crippen molar-refractivity contribution in [1.29, 1.82) is 5.26 Å². The molecule has 0 N–H and O–H groups in total. The van der Waals surface area contributed by atoms with E-state index in [1.807, 2.05) is 0 Å². The van der Waals surface area contributed by atoms with Gasteiger partial charge in [-0.05, 0) is 41.7 Å². The van der Waals surface area contributed by atoms with Gasteiger partial charge in [-0.25, -0.2) is 0 Å². The third-order valence-corrected chi connectivity index (χ3v) is 16.1. The molecule has 1 aromatic heterocycles. The average Bonchev–Trinajstić information content (AvgIpc) is 4.02. The van der Waals surface area contributed by atoms with Crippen molar-refractivity contribution in [2.45, 2.75) is 332 Å². The third-order valence-electron chi connectivity index (χ3n) is 15.4. The summed E-state index contributed by atoms with van der Waals surface area (Å²) in [6.07, 6.45) is 69.2. The molecule has 0 bridgehead atoms. The van der Waals surface area contributed by atoms with Crippen molar-refractivity contribution in [3.8, 4) is 6.07 Å². The lowest BCUT2D eigenvalue weighted by molar-refractivity contribution is -0.170. The molecule has 1 aliphatic carbocycles. The van der Waals surface area contributed by atoms with Gasteiger partial charge in [0.2, 0.25) is 0 Å². The Bertz CT molecular complexity index is 1120. The molecule has 1 saturated carbocycles. The van der Waals surface area contributed by atoms with E-state index in [0.29, 0.717) is 13.2 Å². The maximum absolute atomic E-state index is 10.7. The molecule has 1 unspecified atom stereocenters. The molecule has 0 radical (unpaired) electrons. The van der Waals surface area contributed by atoms with Crippen LogP contribution in [0.3, 0.4) is 0 Å². The molecule has 2 fully saturated rings. The van der Waals surface area contributed by atoms with Crippen LogP contribution in [0.25, 0.3) is 0 Å². The summed E-state index contributed by atoms with van der Waals surface area (Å²) in [5, 5.41) is 15.1. The Morgan fingerprint density at radius 1 is 0.333 bits per heavy atom. The van der Waals surface area contributed by atoms with Gasteiger partial charge in [0.1, 0.15) is 0 Å². The summed E-state index contributed by atoms with van der Waals surface area (Å²) < 4.78 is 12.7. The summed E-state index contributed by atoms with van der Waals surface area (Å²) in [5.74, 6) is -0.486. The maximum atomic E-state index is 10.7. The minimum Gasteiger partial charge on any atom is -0.348 e. The smallest absolute Gasteiger partial charge is 0.168 e. The zero-order valence-electron chi connectivity index (χ0n) is 42.2. The van der Waals surface area contributed by atoms with Crippen molar-refractivity contribution in [3.63, 3.8) is 0 Å². The van der Waals surface area contributed by atoms with Crippen LogP contribution in [0.5, 0.6) is 0 Å². The van der Waals surface area contributed by atoms with Crippen molar-refractivity contribution >= 4 is 11.3 Å². The van der Waals surface area contributed by atoms with Crippen molar-refractivity contribution < 1.29 is 9.47 Å². The van der Waals surface area contributed by atoms with Crippen molar-refractivity contribution in [2.24, 2.45) is 0 Å². The van der Waals surface area contributed by atoms with E-state index in [1.165, 1.54) is 288 Å². The largest absolute Gasteiger partial charge is 0.348 e. The topological polar surface area (TPSA) is 42.2 Å². The second-order valence-electron chi connectivity index (χ2n) is 21.1. The van der Waals surface area contributed by atoms with Crippen molar-refractivity contribution in [1.82, 2.24) is 0 Å². The van der Waals surface area contributed by atoms with Gasteiger partial charge in [-0.1, -0.05) is 289 Å². The first-order valence-electron chi connectivity index (χ1n) is 29.0. The van der Waals surface area contributed by atoms with Crippen LogP contribution in [0.2, 0.25) is 0 Å². The van der Waals surface area contributed by atoms with E-state index in [9.17, 15) is 5.26 Å². The molecule has 1 atom stereocenters. The molecule has 3 rings (SSSR count). The van der Waals surface area contributed by atoms with E-state index in [4.69, 9.17) is 9.47 Å². The summed E-state index contributed by atoms with van der Waals surface area (Å²) >= 11 is 1.73. The van der Waals surface area contributed by atoms with Crippen LogP contribution in [0, 0.1) is 11.3 Å². The fraction of sp³-hybridized carbons (Fsp3) is 0.915. The maximum Gasteiger partial charge on any atom is 0.168 e. The minimum atomic E-state index is -0.486. The second kappa shape index (κ2) is 41.3. The zero-order chi connectivity index (χ0) is 44.3. The summed E-state index contributed by atoms with van der Waals surface area (Å²) in [5.41, 5.74) is 0.793. The van der Waals surface area contributed by atoms with Crippen molar-refractivity contribution in [3.05, 3.63) is 22.4 Å². The molecule has 0 amide bonds. The number of nitriles is 1. The summed E-state index contributed by atoms with van der Waals surface area (Å²) in [7, 11) is 0. The highest BCUT2D eigenvalue weighted by Crippen LogP contribution is 2.41. The van der Waals surface area contributed by atoms with Gasteiger partial charge in [0.05, 0.1) is 24.7 Å². The fourth-order valence-electron chi connectivity index (χ4n) is 11.0. The third kappa shape index (κ3) is 30.2. The molecule has 366 valence electrons. The molecule has 1 spiro atoms. The van der Waals surface area contributed by atoms with Crippen molar-refractivity contribution in [2.75, 3.05) is 13.2 Å². The lowest BCUT2D eigenvalue weighted by Gasteiger charge is -2.33. The standard InChI is InChI=1S/C59H107NO2S/c60-56-58(57-47-54-63-55-57)48-45-43-41-39-37-35-33-31-29-27-25-23-21-19-17-15-13-11-9-7-5-3-1-2-4-6-8-10-12-14-16-18-20-22-24-26-28-30-32-34-36-38-40-42-44-46-49-59(51-50-58)61-52-53-62-59/h47,54-55H,1-46,48-53H2. The van der Waals surface area contributed by atoms with E-state index in [-0.39, 0.29) is 0 Å². The van der Waals surface area contributed by atoms with Gasteiger partial charge in [0, 0.05) is 12.8 Å². The van der Waals surface area contributed by atoms with E-state index in [0.717, 1.165) is 38.5 Å². The molecule has 3 nitrogen and oxygen atoms in total. The lowest BCUT2D eigenvalue weighted by Crippen LogP contribution is -2.34. The van der Waals surface area contributed by atoms with Crippen LogP contribution in [0.1, 0.15) is 327 Å². The summed E-state index contributed by atoms with van der Waals surface area (Å²) in [4.78, 5) is 0. The molecule has 2 heterocycles. The molecule has 1 aromatic rings. The Morgan fingerprint density at radius 2 is 0.587 bits per heavy atom. The van der Waals surface area contributed by atoms with E-state index in [1.54, 1.807) is 11.3 Å². The average molecular weight is 895 g/mol. The molecule has 1 saturated heterocycles. The molecule has 4 heteroatoms. The molecule has 1 aliphatic heterocycles. The quantitative estimate of drug-likeness (QED) is 0.282. The highest BCUT2D eigenvalue weighted by Gasteiger charge is 2.41. The Labute approximate surface area is 398 Å². The first-order valence-corrected chi connectivity index (χ1v) is 29.9. The number of hydrogen-bond donors (Lipinski definition) is 0. The lowest BCUT2D eigenvalue weighted by atomic mass is 9.74. The first kappa shape index (κ1) is 56.4. The normalized spacial score (nSPS) is 26.0. The predicted molar refractivity (Wildman–Crippen MR) is 277 cm³/mol. The number of hydrogen-bond acceptors (Lipinski definition) is 4. The van der Waals surface area contributed by atoms with Gasteiger partial charge < -0.3 is 9.47 Å². The van der Waals surface area contributed by atoms with E-state index in [2.05, 4.69) is 22.9 Å². The minimum absolute atomic E-state index is 0.427. The monoisotopic (exact) mass is 894 g/mol. The number of ether oxygens (including phenoxy) is 2. The summed E-state index contributed by atoms with van der Waals surface area (Å²) in [6, 6.07) is 5.06. The van der Waals surface area contributed by atoms with E-state index < -0.39 is 11.2 Å². The zero-order valence-corrected chi connectivity index (χ0v) is 43.0. The van der Waals surface area contributed by atoms with Crippen LogP contribution < -0.4 is 0 Å². The second-order valence-corrected chi connectivity index (χ2v) is 21.9. The van der Waals surface area contributed by atoms with E-state index >= 15 is 0 Å². The van der Waals surface area contributed by atoms with Gasteiger partial charge in [0.25, 0.3) is 0 Å². The van der Waals surface area contributed by atoms with Gasteiger partial charge in [0.15, 0.2) is 5.79 Å². The Hall–Kier alpha value is -0.890. The van der Waals surface area contributed by atoms with Gasteiger partial charge in [-0.3, -0.25) is 0 Å². The van der Waals surface area contributed by atoms with Crippen LogP contribution >= 0.6 is 11.3 Å². The number of nitrogens with zero attached hydrogens (tertiary/aromatic N) is 1. The Balaban J connectivity index is 1.29. The number of rotatable bonds is 1. The Kier molecular flexibility index (Phi) is 37.0. The van der Waals surface area contributed by atoms with Crippen LogP contribution in [0.4, 0.5) is 0 Å². The molecule has 63 heavy (non-hydrogen) atoms. The van der Waals surface area contributed by atoms with Gasteiger partial charge in [-0.15, -0.1) is 0 Å². The summed E-state index contributed by atoms with van der Waals surface area (Å²) in [6.45, 7) is 1.38. The molecule has 2 aliphatic rings. The number of thiophene rings is 1. The molecular formula is C59H107NO2S. The molecule has 0 aromatic carbocycles. The van der Waals surface area contributed by atoms with Crippen LogP contribution in [-0.2, 0) is 14.9 Å². The Morgan fingerprint density at radius 3 is 0.825 bits per heavy atom. The highest BCUT2D eigenvalue weighted by molar-refractivity contribution is 7.08. The van der Waals surface area contributed by atoms with Gasteiger partial charge in [-0.2, -0.15) is 16.6 Å². The van der Waals surface area contributed by atoms with Crippen LogP contribution in [-0.4, -0.2) is 19.0 Å².